The van der Waals surface area contributed by atoms with E-state index >= 15 is 0 Å². The zero-order valence-corrected chi connectivity index (χ0v) is 15.2. The number of hydrogen-bond acceptors (Lipinski definition) is 5. The van der Waals surface area contributed by atoms with Crippen molar-refractivity contribution in [3.8, 4) is 0 Å². The van der Waals surface area contributed by atoms with Crippen molar-refractivity contribution in [3.63, 3.8) is 0 Å². The summed E-state index contributed by atoms with van der Waals surface area (Å²) in [6.07, 6.45) is 2.62. The summed E-state index contributed by atoms with van der Waals surface area (Å²) in [6, 6.07) is 9.69. The normalized spacial score (nSPS) is 23.5. The Hall–Kier alpha value is -2.41. The lowest BCUT2D eigenvalue weighted by Gasteiger charge is -2.27. The number of nitrogens with zero attached hydrogens (tertiary/aromatic N) is 4. The van der Waals surface area contributed by atoms with Gasteiger partial charge in [-0.1, -0.05) is 44.2 Å². The third kappa shape index (κ3) is 3.07. The molecule has 0 saturated carbocycles. The Balaban J connectivity index is 1.45. The smallest absolute Gasteiger partial charge is 0.345 e. The van der Waals surface area contributed by atoms with Gasteiger partial charge in [-0.2, -0.15) is 5.06 Å². The van der Waals surface area contributed by atoms with Gasteiger partial charge >= 0.3 is 6.03 Å². The molecule has 7 nitrogen and oxygen atoms in total. The number of carbonyl (C=O) groups is 1. The first-order valence-electron chi connectivity index (χ1n) is 9.27. The van der Waals surface area contributed by atoms with Crippen LogP contribution < -0.4 is 0 Å². The molecule has 2 bridgehead atoms. The van der Waals surface area contributed by atoms with E-state index in [1.54, 1.807) is 4.90 Å². The van der Waals surface area contributed by atoms with Gasteiger partial charge in [-0.3, -0.25) is 4.84 Å². The molecule has 1 aromatic heterocycles. The highest BCUT2D eigenvalue weighted by molar-refractivity contribution is 5.77. The van der Waals surface area contributed by atoms with Crippen LogP contribution >= 0.6 is 0 Å². The van der Waals surface area contributed by atoms with Crippen molar-refractivity contribution in [1.82, 2.24) is 20.2 Å². The lowest BCUT2D eigenvalue weighted by atomic mass is 10.0. The standard InChI is InChI=1S/C19H24N4O3/c1-3-13(2)17-20-21-18(26-17)16-10-9-15-11-22(16)19(24)23(15)25-12-14-7-5-4-6-8-14/h4-8,13,15-16H,3,9-12H2,1-2H3/t13-,15-,16+/m1/s1. The van der Waals surface area contributed by atoms with Crippen molar-refractivity contribution >= 4 is 6.03 Å². The molecule has 3 heterocycles. The van der Waals surface area contributed by atoms with Gasteiger partial charge in [0.1, 0.15) is 12.6 Å². The van der Waals surface area contributed by atoms with E-state index in [-0.39, 0.29) is 24.0 Å². The van der Waals surface area contributed by atoms with Crippen LogP contribution in [0.25, 0.3) is 0 Å². The first-order valence-corrected chi connectivity index (χ1v) is 9.27. The monoisotopic (exact) mass is 356 g/mol. The van der Waals surface area contributed by atoms with Crippen molar-refractivity contribution in [2.45, 2.75) is 57.7 Å². The maximum atomic E-state index is 12.8. The highest BCUT2D eigenvalue weighted by Crippen LogP contribution is 2.38. The molecule has 2 aliphatic heterocycles. The summed E-state index contributed by atoms with van der Waals surface area (Å²) in [6.45, 7) is 5.18. The molecule has 26 heavy (non-hydrogen) atoms. The molecule has 1 aromatic carbocycles. The molecule has 3 atom stereocenters. The topological polar surface area (TPSA) is 71.7 Å². The van der Waals surface area contributed by atoms with E-state index < -0.39 is 0 Å². The van der Waals surface area contributed by atoms with E-state index in [1.165, 1.54) is 5.06 Å². The van der Waals surface area contributed by atoms with E-state index in [0.717, 1.165) is 24.8 Å². The molecule has 2 amide bonds. The summed E-state index contributed by atoms with van der Waals surface area (Å²) in [5.74, 6) is 1.41. The largest absolute Gasteiger partial charge is 0.423 e. The maximum Gasteiger partial charge on any atom is 0.345 e. The fourth-order valence-electron chi connectivity index (χ4n) is 3.53. The van der Waals surface area contributed by atoms with Crippen molar-refractivity contribution in [2.75, 3.05) is 6.54 Å². The number of hydroxylamine groups is 2. The minimum absolute atomic E-state index is 0.0828. The highest BCUT2D eigenvalue weighted by Gasteiger charge is 2.47. The van der Waals surface area contributed by atoms with Crippen LogP contribution in [0, 0.1) is 0 Å². The number of aromatic nitrogens is 2. The van der Waals surface area contributed by atoms with Gasteiger partial charge in [0.15, 0.2) is 0 Å². The number of hydrogen-bond donors (Lipinski definition) is 0. The van der Waals surface area contributed by atoms with Crippen LogP contribution in [0.15, 0.2) is 34.7 Å². The van der Waals surface area contributed by atoms with Crippen molar-refractivity contribution in [3.05, 3.63) is 47.7 Å². The minimum atomic E-state index is -0.158. The number of amides is 2. The van der Waals surface area contributed by atoms with E-state index in [1.807, 2.05) is 30.3 Å². The summed E-state index contributed by atoms with van der Waals surface area (Å²) in [4.78, 5) is 20.5. The second kappa shape index (κ2) is 7.07. The van der Waals surface area contributed by atoms with Crippen LogP contribution in [0.4, 0.5) is 4.79 Å². The summed E-state index contributed by atoms with van der Waals surface area (Å²) in [5, 5.41) is 9.90. The summed E-state index contributed by atoms with van der Waals surface area (Å²) in [5.41, 5.74) is 1.04. The first kappa shape index (κ1) is 17.0. The predicted octanol–water partition coefficient (Wildman–Crippen LogP) is 3.66. The Morgan fingerprint density at radius 1 is 1.27 bits per heavy atom. The Bertz CT molecular complexity index is 763. The third-order valence-electron chi connectivity index (χ3n) is 5.31. The summed E-state index contributed by atoms with van der Waals surface area (Å²) in [7, 11) is 0. The number of urea groups is 1. The average Bonchev–Trinajstić information content (AvgIpc) is 3.26. The summed E-state index contributed by atoms with van der Waals surface area (Å²) >= 11 is 0. The van der Waals surface area contributed by atoms with Gasteiger partial charge in [0.2, 0.25) is 11.8 Å². The van der Waals surface area contributed by atoms with Crippen LogP contribution in [-0.4, -0.2) is 38.8 Å². The highest BCUT2D eigenvalue weighted by atomic mass is 16.7. The molecule has 4 rings (SSSR count). The molecule has 2 aliphatic rings. The lowest BCUT2D eigenvalue weighted by molar-refractivity contribution is -0.140. The fraction of sp³-hybridized carbons (Fsp3) is 0.526. The molecule has 0 radical (unpaired) electrons. The average molecular weight is 356 g/mol. The number of rotatable bonds is 6. The third-order valence-corrected chi connectivity index (χ3v) is 5.31. The van der Waals surface area contributed by atoms with Crippen LogP contribution in [0.3, 0.4) is 0 Å². The Labute approximate surface area is 152 Å². The number of benzene rings is 1. The van der Waals surface area contributed by atoms with E-state index in [0.29, 0.717) is 24.9 Å². The quantitative estimate of drug-likeness (QED) is 0.790. The molecular formula is C19H24N4O3. The van der Waals surface area contributed by atoms with Crippen molar-refractivity contribution in [1.29, 1.82) is 0 Å². The van der Waals surface area contributed by atoms with Gasteiger partial charge in [-0.25, -0.2) is 4.79 Å². The maximum absolute atomic E-state index is 12.8. The number of carbonyl (C=O) groups excluding carboxylic acids is 1. The predicted molar refractivity (Wildman–Crippen MR) is 93.9 cm³/mol. The first-order chi connectivity index (χ1) is 12.7. The van der Waals surface area contributed by atoms with Gasteiger partial charge in [-0.05, 0) is 24.8 Å². The Kier molecular flexibility index (Phi) is 4.63. The number of fused-ring (bicyclic) bond motifs is 2. The lowest BCUT2D eigenvalue weighted by Crippen LogP contribution is -2.34. The van der Waals surface area contributed by atoms with E-state index in [2.05, 4.69) is 24.0 Å². The molecule has 0 aliphatic carbocycles. The number of piperidine rings is 1. The van der Waals surface area contributed by atoms with Crippen molar-refractivity contribution < 1.29 is 14.0 Å². The second-order valence-electron chi connectivity index (χ2n) is 7.05. The van der Waals surface area contributed by atoms with Crippen LogP contribution in [0.1, 0.15) is 62.4 Å². The zero-order valence-electron chi connectivity index (χ0n) is 15.2. The van der Waals surface area contributed by atoms with Crippen molar-refractivity contribution in [2.24, 2.45) is 0 Å². The molecule has 0 spiro atoms. The second-order valence-corrected chi connectivity index (χ2v) is 7.05. The molecule has 2 saturated heterocycles. The molecular weight excluding hydrogens is 332 g/mol. The molecule has 2 fully saturated rings. The summed E-state index contributed by atoms with van der Waals surface area (Å²) < 4.78 is 5.86. The molecule has 0 unspecified atom stereocenters. The molecule has 2 aromatic rings. The molecule has 7 heteroatoms. The van der Waals surface area contributed by atoms with Gasteiger partial charge in [0.25, 0.3) is 0 Å². The van der Waals surface area contributed by atoms with Crippen LogP contribution in [-0.2, 0) is 11.4 Å². The fourth-order valence-corrected chi connectivity index (χ4v) is 3.53. The van der Waals surface area contributed by atoms with Gasteiger partial charge in [0.05, 0.1) is 6.04 Å². The van der Waals surface area contributed by atoms with Gasteiger partial charge in [-0.15, -0.1) is 10.2 Å². The van der Waals surface area contributed by atoms with E-state index in [9.17, 15) is 4.79 Å². The Morgan fingerprint density at radius 3 is 2.85 bits per heavy atom. The molecule has 0 N–H and O–H groups in total. The van der Waals surface area contributed by atoms with Gasteiger partial charge < -0.3 is 9.32 Å². The SMILES string of the molecule is CC[C@@H](C)c1nnc([C@@H]2CC[C@@H]3CN2C(=O)N3OCc2ccccc2)o1. The minimum Gasteiger partial charge on any atom is -0.423 e. The zero-order chi connectivity index (χ0) is 18.1. The molecule has 138 valence electrons. The van der Waals surface area contributed by atoms with Gasteiger partial charge in [0, 0.05) is 12.5 Å². The van der Waals surface area contributed by atoms with Crippen LogP contribution in [0.2, 0.25) is 0 Å². The van der Waals surface area contributed by atoms with Crippen LogP contribution in [0.5, 0.6) is 0 Å². The Morgan fingerprint density at radius 2 is 2.08 bits per heavy atom. The van der Waals surface area contributed by atoms with E-state index in [4.69, 9.17) is 9.25 Å².